The van der Waals surface area contributed by atoms with E-state index >= 15 is 0 Å². The number of benzene rings is 1. The van der Waals surface area contributed by atoms with Gasteiger partial charge < -0.3 is 8.98 Å². The number of aromatic nitrogens is 1. The molecule has 4 aromatic rings. The maximum absolute atomic E-state index is 5.57. The Morgan fingerprint density at radius 2 is 1.96 bits per heavy atom. The molecule has 3 nitrogen and oxygen atoms in total. The molecule has 3 aromatic heterocycles. The molecular weight excluding hydrogens is 348 g/mol. The first kappa shape index (κ1) is 16.1. The first-order chi connectivity index (χ1) is 12.2. The highest BCUT2D eigenvalue weighted by Gasteiger charge is 2.11. The summed E-state index contributed by atoms with van der Waals surface area (Å²) in [5, 5.41) is 4.28. The molecule has 126 valence electrons. The van der Waals surface area contributed by atoms with Crippen molar-refractivity contribution in [1.82, 2.24) is 4.57 Å². The van der Waals surface area contributed by atoms with Gasteiger partial charge in [-0.3, -0.25) is 0 Å². The van der Waals surface area contributed by atoms with Crippen molar-refractivity contribution in [2.75, 3.05) is 0 Å². The topological polar surface area (TPSA) is 30.4 Å². The first-order valence-corrected chi connectivity index (χ1v) is 9.84. The Balaban J connectivity index is 1.87. The molecule has 0 aliphatic carbocycles. The molecule has 3 heterocycles. The van der Waals surface area contributed by atoms with Crippen LogP contribution in [0.2, 0.25) is 0 Å². The van der Waals surface area contributed by atoms with Crippen LogP contribution in [0.15, 0.2) is 68.9 Å². The molecule has 0 saturated carbocycles. The Hall–Kier alpha value is -2.37. The minimum Gasteiger partial charge on any atom is -0.467 e. The molecule has 4 rings (SSSR count). The van der Waals surface area contributed by atoms with Crippen LogP contribution in [0, 0.1) is 13.8 Å². The normalized spacial score (nSPS) is 12.0. The third-order valence-corrected chi connectivity index (χ3v) is 6.01. The number of nitrogens with zero attached hydrogens (tertiary/aromatic N) is 2. The Labute approximate surface area is 154 Å². The van der Waals surface area contributed by atoms with Gasteiger partial charge in [0.1, 0.15) is 5.76 Å². The maximum atomic E-state index is 5.57. The van der Waals surface area contributed by atoms with Crippen molar-refractivity contribution in [2.24, 2.45) is 4.99 Å². The van der Waals surface area contributed by atoms with E-state index < -0.39 is 0 Å². The predicted molar refractivity (Wildman–Crippen MR) is 105 cm³/mol. The van der Waals surface area contributed by atoms with Crippen molar-refractivity contribution >= 4 is 28.4 Å². The molecule has 1 aromatic carbocycles. The van der Waals surface area contributed by atoms with Crippen LogP contribution >= 0.6 is 22.7 Å². The monoisotopic (exact) mass is 366 g/mol. The highest BCUT2D eigenvalue weighted by Crippen LogP contribution is 2.27. The van der Waals surface area contributed by atoms with E-state index in [2.05, 4.69) is 59.5 Å². The third kappa shape index (κ3) is 3.25. The molecule has 0 unspecified atom stereocenters. The number of hydrogen-bond donors (Lipinski definition) is 0. The quantitative estimate of drug-likeness (QED) is 0.451. The van der Waals surface area contributed by atoms with Crippen LogP contribution in [0.3, 0.4) is 0 Å². The fourth-order valence-electron chi connectivity index (χ4n) is 2.71. The van der Waals surface area contributed by atoms with Crippen LogP contribution in [0.25, 0.3) is 10.6 Å². The van der Waals surface area contributed by atoms with E-state index in [4.69, 9.17) is 9.41 Å². The molecule has 0 fully saturated rings. The number of furan rings is 1. The summed E-state index contributed by atoms with van der Waals surface area (Å²) in [5.74, 6) is 0.929. The van der Waals surface area contributed by atoms with Gasteiger partial charge in [-0.25, -0.2) is 4.99 Å². The molecule has 0 radical (unpaired) electrons. The standard InChI is InChI=1S/C20H18N2OS2/c1-14-6-3-8-17(15(14)2)21-20-22(12-16-7-4-10-23-16)18(13-25-20)19-9-5-11-24-19/h3-11,13H,12H2,1-2H3. The van der Waals surface area contributed by atoms with Crippen molar-refractivity contribution in [2.45, 2.75) is 20.4 Å². The second kappa shape index (κ2) is 6.86. The lowest BCUT2D eigenvalue weighted by Crippen LogP contribution is -2.16. The Morgan fingerprint density at radius 1 is 1.04 bits per heavy atom. The van der Waals surface area contributed by atoms with Crippen LogP contribution in [-0.2, 0) is 6.54 Å². The van der Waals surface area contributed by atoms with Gasteiger partial charge >= 0.3 is 0 Å². The summed E-state index contributed by atoms with van der Waals surface area (Å²) in [6.45, 7) is 4.92. The lowest BCUT2D eigenvalue weighted by molar-refractivity contribution is 0.492. The largest absolute Gasteiger partial charge is 0.467 e. The average molecular weight is 367 g/mol. The van der Waals surface area contributed by atoms with Crippen LogP contribution in [0.4, 0.5) is 5.69 Å². The second-order valence-corrected chi connectivity index (χ2v) is 7.66. The zero-order valence-electron chi connectivity index (χ0n) is 14.1. The molecule has 0 amide bonds. The summed E-state index contributed by atoms with van der Waals surface area (Å²) in [4.78, 5) is 7.18. The molecule has 25 heavy (non-hydrogen) atoms. The van der Waals surface area contributed by atoms with Gasteiger partial charge in [0, 0.05) is 5.38 Å². The van der Waals surface area contributed by atoms with Crippen molar-refractivity contribution < 1.29 is 4.42 Å². The third-order valence-electron chi connectivity index (χ3n) is 4.26. The number of rotatable bonds is 4. The second-order valence-electron chi connectivity index (χ2n) is 5.88. The van der Waals surface area contributed by atoms with Gasteiger partial charge in [0.05, 0.1) is 29.1 Å². The fraction of sp³-hybridized carbons (Fsp3) is 0.150. The lowest BCUT2D eigenvalue weighted by atomic mass is 10.1. The highest BCUT2D eigenvalue weighted by molar-refractivity contribution is 7.14. The molecule has 0 atom stereocenters. The van der Waals surface area contributed by atoms with E-state index in [1.54, 1.807) is 28.9 Å². The molecule has 0 aliphatic heterocycles. The first-order valence-electron chi connectivity index (χ1n) is 8.08. The van der Waals surface area contributed by atoms with Crippen molar-refractivity contribution in [3.63, 3.8) is 0 Å². The SMILES string of the molecule is Cc1cccc(N=c2scc(-c3cccs3)n2Cc2ccco2)c1C. The van der Waals surface area contributed by atoms with Gasteiger partial charge in [-0.05, 0) is 54.6 Å². The zero-order valence-corrected chi connectivity index (χ0v) is 15.7. The molecule has 0 spiro atoms. The van der Waals surface area contributed by atoms with Gasteiger partial charge in [0.15, 0.2) is 4.80 Å². The molecule has 0 aliphatic rings. The van der Waals surface area contributed by atoms with Crippen LogP contribution in [-0.4, -0.2) is 4.57 Å². The van der Waals surface area contributed by atoms with Crippen LogP contribution < -0.4 is 4.80 Å². The summed E-state index contributed by atoms with van der Waals surface area (Å²) in [7, 11) is 0. The Kier molecular flexibility index (Phi) is 4.42. The maximum Gasteiger partial charge on any atom is 0.190 e. The molecule has 0 saturated heterocycles. The van der Waals surface area contributed by atoms with E-state index in [0.717, 1.165) is 16.2 Å². The lowest BCUT2D eigenvalue weighted by Gasteiger charge is -2.07. The molecular formula is C20H18N2OS2. The Bertz CT molecular complexity index is 1040. The van der Waals surface area contributed by atoms with Gasteiger partial charge in [-0.2, -0.15) is 0 Å². The molecule has 0 bridgehead atoms. The van der Waals surface area contributed by atoms with Gasteiger partial charge in [0.2, 0.25) is 0 Å². The van der Waals surface area contributed by atoms with Crippen LogP contribution in [0.5, 0.6) is 0 Å². The minimum atomic E-state index is 0.674. The van der Waals surface area contributed by atoms with E-state index in [9.17, 15) is 0 Å². The van der Waals surface area contributed by atoms with Gasteiger partial charge in [0.25, 0.3) is 0 Å². The summed E-state index contributed by atoms with van der Waals surface area (Å²) in [5.41, 5.74) is 4.68. The average Bonchev–Trinajstić information content (AvgIpc) is 3.35. The summed E-state index contributed by atoms with van der Waals surface area (Å²) in [6.07, 6.45) is 1.72. The summed E-state index contributed by atoms with van der Waals surface area (Å²) in [6, 6.07) is 14.4. The number of hydrogen-bond acceptors (Lipinski definition) is 4. The number of thiophene rings is 1. The van der Waals surface area contributed by atoms with E-state index in [1.165, 1.54) is 21.7 Å². The number of aryl methyl sites for hydroxylation is 1. The highest BCUT2D eigenvalue weighted by atomic mass is 32.1. The smallest absolute Gasteiger partial charge is 0.190 e. The predicted octanol–water partition coefficient (Wildman–Crippen LogP) is 5.77. The zero-order chi connectivity index (χ0) is 17.2. The summed E-state index contributed by atoms with van der Waals surface area (Å²) < 4.78 is 7.81. The van der Waals surface area contributed by atoms with Gasteiger partial charge in [-0.1, -0.05) is 18.2 Å². The fourth-order valence-corrected chi connectivity index (χ4v) is 4.45. The van der Waals surface area contributed by atoms with E-state index in [0.29, 0.717) is 6.54 Å². The van der Waals surface area contributed by atoms with Gasteiger partial charge in [-0.15, -0.1) is 22.7 Å². The minimum absolute atomic E-state index is 0.674. The Morgan fingerprint density at radius 3 is 2.72 bits per heavy atom. The van der Waals surface area contributed by atoms with Crippen molar-refractivity contribution in [3.8, 4) is 10.6 Å². The van der Waals surface area contributed by atoms with Crippen molar-refractivity contribution in [1.29, 1.82) is 0 Å². The molecule has 5 heteroatoms. The molecule has 0 N–H and O–H groups in total. The van der Waals surface area contributed by atoms with E-state index in [1.807, 2.05) is 12.1 Å². The van der Waals surface area contributed by atoms with Crippen LogP contribution in [0.1, 0.15) is 16.9 Å². The number of thiazole rings is 1. The van der Waals surface area contributed by atoms with E-state index in [-0.39, 0.29) is 0 Å². The van der Waals surface area contributed by atoms with Crippen molar-refractivity contribution in [3.05, 3.63) is 81.2 Å². The summed E-state index contributed by atoms with van der Waals surface area (Å²) >= 11 is 3.41.